The maximum atomic E-state index is 12.2. The second-order valence-electron chi connectivity index (χ2n) is 5.35. The lowest BCUT2D eigenvalue weighted by Crippen LogP contribution is -2.29. The van der Waals surface area contributed by atoms with Gasteiger partial charge in [0.05, 0.1) is 5.69 Å². The van der Waals surface area contributed by atoms with Crippen molar-refractivity contribution in [2.24, 2.45) is 0 Å². The van der Waals surface area contributed by atoms with E-state index < -0.39 is 0 Å². The van der Waals surface area contributed by atoms with Crippen LogP contribution >= 0.6 is 12.4 Å². The number of pyridine rings is 1. The number of hydrogen-bond donors (Lipinski definition) is 1. The van der Waals surface area contributed by atoms with Gasteiger partial charge in [-0.2, -0.15) is 0 Å². The molecule has 0 saturated carbocycles. The molecule has 0 radical (unpaired) electrons. The molecule has 0 bridgehead atoms. The van der Waals surface area contributed by atoms with Crippen LogP contribution < -0.4 is 10.9 Å². The molecule has 0 amide bonds. The average molecular weight is 309 g/mol. The fourth-order valence-corrected chi connectivity index (χ4v) is 2.68. The SMILES string of the molecule is Cc1cccn2c(=O)cc(CN3CCCNCC3)nc12.Cl. The highest BCUT2D eigenvalue weighted by Crippen LogP contribution is 2.08. The molecule has 1 fully saturated rings. The van der Waals surface area contributed by atoms with Gasteiger partial charge in [-0.3, -0.25) is 14.1 Å². The van der Waals surface area contributed by atoms with E-state index in [1.165, 1.54) is 0 Å². The predicted molar refractivity (Wildman–Crippen MR) is 86.2 cm³/mol. The molecule has 1 aliphatic heterocycles. The molecule has 0 atom stereocenters. The number of nitrogens with zero attached hydrogens (tertiary/aromatic N) is 3. The van der Waals surface area contributed by atoms with Crippen LogP contribution in [-0.4, -0.2) is 40.5 Å². The minimum atomic E-state index is 0. The quantitative estimate of drug-likeness (QED) is 0.906. The monoisotopic (exact) mass is 308 g/mol. The Morgan fingerprint density at radius 2 is 2.19 bits per heavy atom. The van der Waals surface area contributed by atoms with Gasteiger partial charge in [-0.1, -0.05) is 6.07 Å². The molecule has 0 spiro atoms. The van der Waals surface area contributed by atoms with E-state index in [4.69, 9.17) is 0 Å². The van der Waals surface area contributed by atoms with E-state index in [-0.39, 0.29) is 18.0 Å². The summed E-state index contributed by atoms with van der Waals surface area (Å²) < 4.78 is 1.61. The van der Waals surface area contributed by atoms with Gasteiger partial charge in [-0.25, -0.2) is 4.98 Å². The number of nitrogens with one attached hydrogen (secondary N) is 1. The lowest BCUT2D eigenvalue weighted by atomic mass is 10.2. The number of halogens is 1. The third-order valence-electron chi connectivity index (χ3n) is 3.76. The smallest absolute Gasteiger partial charge is 0.258 e. The molecule has 1 saturated heterocycles. The van der Waals surface area contributed by atoms with E-state index in [2.05, 4.69) is 15.2 Å². The van der Waals surface area contributed by atoms with Crippen LogP contribution in [0.1, 0.15) is 17.7 Å². The van der Waals surface area contributed by atoms with Crippen LogP contribution in [0.5, 0.6) is 0 Å². The highest BCUT2D eigenvalue weighted by Gasteiger charge is 2.11. The highest BCUT2D eigenvalue weighted by atomic mass is 35.5. The Balaban J connectivity index is 0.00000161. The molecule has 3 heterocycles. The van der Waals surface area contributed by atoms with Crippen molar-refractivity contribution in [1.29, 1.82) is 0 Å². The van der Waals surface area contributed by atoms with Crippen molar-refractivity contribution >= 4 is 18.1 Å². The molecule has 0 aromatic carbocycles. The van der Waals surface area contributed by atoms with E-state index in [9.17, 15) is 4.79 Å². The summed E-state index contributed by atoms with van der Waals surface area (Å²) in [6.07, 6.45) is 2.92. The molecule has 6 heteroatoms. The van der Waals surface area contributed by atoms with E-state index in [1.807, 2.05) is 19.1 Å². The summed E-state index contributed by atoms with van der Waals surface area (Å²) in [6.45, 7) is 6.88. The Labute approximate surface area is 130 Å². The molecule has 114 valence electrons. The maximum Gasteiger partial charge on any atom is 0.258 e. The van der Waals surface area contributed by atoms with Crippen molar-refractivity contribution in [3.05, 3.63) is 46.0 Å². The molecule has 3 rings (SSSR count). The van der Waals surface area contributed by atoms with Gasteiger partial charge in [-0.05, 0) is 38.1 Å². The zero-order chi connectivity index (χ0) is 13.9. The Morgan fingerprint density at radius 1 is 1.33 bits per heavy atom. The molecule has 2 aromatic rings. The van der Waals surface area contributed by atoms with Crippen LogP contribution in [0.4, 0.5) is 0 Å². The van der Waals surface area contributed by atoms with Crippen LogP contribution in [0.2, 0.25) is 0 Å². The van der Waals surface area contributed by atoms with E-state index >= 15 is 0 Å². The van der Waals surface area contributed by atoms with Crippen molar-refractivity contribution in [2.45, 2.75) is 19.9 Å². The zero-order valence-corrected chi connectivity index (χ0v) is 13.0. The average Bonchev–Trinajstić information content (AvgIpc) is 2.69. The molecule has 5 nitrogen and oxygen atoms in total. The first-order chi connectivity index (χ1) is 9.74. The largest absolute Gasteiger partial charge is 0.315 e. The van der Waals surface area contributed by atoms with Gasteiger partial charge in [0.25, 0.3) is 5.56 Å². The zero-order valence-electron chi connectivity index (χ0n) is 12.2. The van der Waals surface area contributed by atoms with Crippen LogP contribution in [0.25, 0.3) is 5.65 Å². The van der Waals surface area contributed by atoms with Gasteiger partial charge >= 0.3 is 0 Å². The first-order valence-corrected chi connectivity index (χ1v) is 7.15. The van der Waals surface area contributed by atoms with Crippen molar-refractivity contribution in [2.75, 3.05) is 26.2 Å². The van der Waals surface area contributed by atoms with Crippen LogP contribution in [0.15, 0.2) is 29.2 Å². The van der Waals surface area contributed by atoms with Crippen LogP contribution in [-0.2, 0) is 6.54 Å². The molecular formula is C15H21ClN4O. The Kier molecular flexibility index (Phi) is 5.33. The second-order valence-corrected chi connectivity index (χ2v) is 5.35. The van der Waals surface area contributed by atoms with Crippen LogP contribution in [0, 0.1) is 6.92 Å². The molecular weight excluding hydrogens is 288 g/mol. The first kappa shape index (κ1) is 15.9. The fraction of sp³-hybridized carbons (Fsp3) is 0.467. The Morgan fingerprint density at radius 3 is 3.05 bits per heavy atom. The summed E-state index contributed by atoms with van der Waals surface area (Å²) in [5.41, 5.74) is 2.67. The third-order valence-corrected chi connectivity index (χ3v) is 3.76. The van der Waals surface area contributed by atoms with Gasteiger partial charge in [-0.15, -0.1) is 12.4 Å². The molecule has 1 aliphatic rings. The standard InChI is InChI=1S/C15H20N4O.ClH/c1-12-4-2-8-19-14(20)10-13(17-15(12)19)11-18-7-3-5-16-6-9-18;/h2,4,8,10,16H,3,5-7,9,11H2,1H3;1H. The summed E-state index contributed by atoms with van der Waals surface area (Å²) in [6, 6.07) is 5.53. The normalized spacial score (nSPS) is 16.4. The highest BCUT2D eigenvalue weighted by molar-refractivity contribution is 5.85. The number of aromatic nitrogens is 2. The first-order valence-electron chi connectivity index (χ1n) is 7.15. The van der Waals surface area contributed by atoms with Gasteiger partial charge in [0.2, 0.25) is 0 Å². The van der Waals surface area contributed by atoms with Gasteiger partial charge < -0.3 is 5.32 Å². The number of fused-ring (bicyclic) bond motifs is 1. The van der Waals surface area contributed by atoms with Crippen molar-refractivity contribution in [3.8, 4) is 0 Å². The molecule has 1 N–H and O–H groups in total. The lowest BCUT2D eigenvalue weighted by Gasteiger charge is -2.19. The van der Waals surface area contributed by atoms with Gasteiger partial charge in [0.15, 0.2) is 0 Å². The number of hydrogen-bond acceptors (Lipinski definition) is 4. The second kappa shape index (κ2) is 7.02. The van der Waals surface area contributed by atoms with E-state index in [0.717, 1.165) is 56.0 Å². The molecule has 0 aliphatic carbocycles. The third kappa shape index (κ3) is 3.61. The molecule has 21 heavy (non-hydrogen) atoms. The van der Waals surface area contributed by atoms with Gasteiger partial charge in [0.1, 0.15) is 5.65 Å². The van der Waals surface area contributed by atoms with E-state index in [0.29, 0.717) is 0 Å². The van der Waals surface area contributed by atoms with Crippen LogP contribution in [0.3, 0.4) is 0 Å². The summed E-state index contributed by atoms with van der Waals surface area (Å²) in [4.78, 5) is 19.2. The summed E-state index contributed by atoms with van der Waals surface area (Å²) in [5, 5.41) is 3.39. The van der Waals surface area contributed by atoms with Crippen molar-refractivity contribution in [1.82, 2.24) is 19.6 Å². The van der Waals surface area contributed by atoms with Crippen molar-refractivity contribution < 1.29 is 0 Å². The fourth-order valence-electron chi connectivity index (χ4n) is 2.68. The van der Waals surface area contributed by atoms with Crippen molar-refractivity contribution in [3.63, 3.8) is 0 Å². The summed E-state index contributed by atoms with van der Waals surface area (Å²) >= 11 is 0. The lowest BCUT2D eigenvalue weighted by molar-refractivity contribution is 0.281. The topological polar surface area (TPSA) is 49.6 Å². The van der Waals surface area contributed by atoms with Gasteiger partial charge in [0, 0.05) is 31.9 Å². The minimum absolute atomic E-state index is 0. The maximum absolute atomic E-state index is 12.2. The molecule has 0 unspecified atom stereocenters. The van der Waals surface area contributed by atoms with E-state index in [1.54, 1.807) is 16.7 Å². The summed E-state index contributed by atoms with van der Waals surface area (Å²) in [5.74, 6) is 0. The Hall–Kier alpha value is -1.43. The molecule has 2 aromatic heterocycles. The summed E-state index contributed by atoms with van der Waals surface area (Å²) in [7, 11) is 0. The predicted octanol–water partition coefficient (Wildman–Crippen LogP) is 1.22. The number of rotatable bonds is 2. The number of aryl methyl sites for hydroxylation is 1. The minimum Gasteiger partial charge on any atom is -0.315 e. The Bertz CT molecular complexity index is 662.